The third-order valence-corrected chi connectivity index (χ3v) is 6.81. The quantitative estimate of drug-likeness (QED) is 0.854. The predicted molar refractivity (Wildman–Crippen MR) is 106 cm³/mol. The molecule has 1 fully saturated rings. The van der Waals surface area contributed by atoms with Crippen LogP contribution in [0.3, 0.4) is 0 Å². The van der Waals surface area contributed by atoms with E-state index in [9.17, 15) is 13.2 Å². The van der Waals surface area contributed by atoms with Crippen LogP contribution >= 0.6 is 0 Å². The van der Waals surface area contributed by atoms with Gasteiger partial charge >= 0.3 is 0 Å². The van der Waals surface area contributed by atoms with Crippen LogP contribution in [-0.4, -0.2) is 56.3 Å². The molecule has 144 valence electrons. The predicted octanol–water partition coefficient (Wildman–Crippen LogP) is 2.25. The minimum atomic E-state index is -3.54. The summed E-state index contributed by atoms with van der Waals surface area (Å²) in [4.78, 5) is 14.5. The number of nitrogens with zero attached hydrogens (tertiary/aromatic N) is 2. The van der Waals surface area contributed by atoms with E-state index < -0.39 is 10.0 Å². The molecular formula is C20H25N3O3S. The number of aryl methyl sites for hydroxylation is 2. The molecule has 1 N–H and O–H groups in total. The number of amides is 1. The van der Waals surface area contributed by atoms with Crippen molar-refractivity contribution in [1.29, 1.82) is 0 Å². The van der Waals surface area contributed by atoms with Crippen molar-refractivity contribution >= 4 is 21.6 Å². The van der Waals surface area contributed by atoms with Crippen LogP contribution in [0.5, 0.6) is 0 Å². The highest BCUT2D eigenvalue weighted by Crippen LogP contribution is 2.22. The molecule has 2 aromatic carbocycles. The van der Waals surface area contributed by atoms with E-state index in [2.05, 4.69) is 5.32 Å². The highest BCUT2D eigenvalue weighted by atomic mass is 32.2. The topological polar surface area (TPSA) is 69.7 Å². The standard InChI is InChI=1S/C20H25N3O3S/c1-16-8-9-17(2)19(14-16)27(25,26)23-12-10-22(11-13-23)20(24)15-21-18-6-4-3-5-7-18/h3-9,14,21H,10-13,15H2,1-2H3. The number of benzene rings is 2. The third kappa shape index (κ3) is 4.48. The van der Waals surface area contributed by atoms with Crippen molar-refractivity contribution < 1.29 is 13.2 Å². The summed E-state index contributed by atoms with van der Waals surface area (Å²) in [5.41, 5.74) is 2.55. The maximum atomic E-state index is 13.0. The summed E-state index contributed by atoms with van der Waals surface area (Å²) < 4.78 is 27.4. The zero-order valence-electron chi connectivity index (χ0n) is 15.7. The van der Waals surface area contributed by atoms with E-state index in [1.165, 1.54) is 4.31 Å². The fourth-order valence-electron chi connectivity index (χ4n) is 3.15. The van der Waals surface area contributed by atoms with Crippen molar-refractivity contribution in [3.05, 3.63) is 59.7 Å². The van der Waals surface area contributed by atoms with E-state index in [-0.39, 0.29) is 12.5 Å². The summed E-state index contributed by atoms with van der Waals surface area (Å²) in [7, 11) is -3.54. The monoisotopic (exact) mass is 387 g/mol. The molecule has 7 heteroatoms. The molecule has 1 aliphatic heterocycles. The Morgan fingerprint density at radius 3 is 2.33 bits per heavy atom. The molecule has 0 unspecified atom stereocenters. The van der Waals surface area contributed by atoms with Crippen LogP contribution in [0, 0.1) is 13.8 Å². The van der Waals surface area contributed by atoms with Gasteiger partial charge in [-0.1, -0.05) is 30.3 Å². The molecule has 1 amide bonds. The Hall–Kier alpha value is -2.38. The van der Waals surface area contributed by atoms with Gasteiger partial charge in [0.2, 0.25) is 15.9 Å². The number of carbonyl (C=O) groups excluding carboxylic acids is 1. The van der Waals surface area contributed by atoms with Crippen molar-refractivity contribution in [1.82, 2.24) is 9.21 Å². The normalized spacial score (nSPS) is 15.6. The Morgan fingerprint density at radius 1 is 1.00 bits per heavy atom. The van der Waals surface area contributed by atoms with E-state index in [0.29, 0.717) is 31.1 Å². The van der Waals surface area contributed by atoms with Gasteiger partial charge in [-0.3, -0.25) is 4.79 Å². The van der Waals surface area contributed by atoms with E-state index in [0.717, 1.165) is 16.8 Å². The number of piperazine rings is 1. The fraction of sp³-hybridized carbons (Fsp3) is 0.350. The Morgan fingerprint density at radius 2 is 1.67 bits per heavy atom. The van der Waals surface area contributed by atoms with Crippen molar-refractivity contribution in [3.63, 3.8) is 0 Å². The largest absolute Gasteiger partial charge is 0.376 e. The number of nitrogens with one attached hydrogen (secondary N) is 1. The zero-order valence-corrected chi connectivity index (χ0v) is 16.5. The van der Waals surface area contributed by atoms with E-state index in [1.807, 2.05) is 49.4 Å². The van der Waals surface area contributed by atoms with Gasteiger partial charge in [-0.25, -0.2) is 8.42 Å². The fourth-order valence-corrected chi connectivity index (χ4v) is 4.88. The lowest BCUT2D eigenvalue weighted by atomic mass is 10.2. The Bertz CT molecular complexity index is 905. The molecule has 0 atom stereocenters. The molecular weight excluding hydrogens is 362 g/mol. The van der Waals surface area contributed by atoms with Crippen LogP contribution in [0.15, 0.2) is 53.4 Å². The number of anilines is 1. The molecule has 0 saturated carbocycles. The van der Waals surface area contributed by atoms with E-state index in [1.54, 1.807) is 17.9 Å². The molecule has 1 saturated heterocycles. The summed E-state index contributed by atoms with van der Waals surface area (Å²) >= 11 is 0. The van der Waals surface area contributed by atoms with Gasteiger partial charge in [-0.15, -0.1) is 0 Å². The lowest BCUT2D eigenvalue weighted by Gasteiger charge is -2.34. The molecule has 3 rings (SSSR count). The lowest BCUT2D eigenvalue weighted by molar-refractivity contribution is -0.130. The summed E-state index contributed by atoms with van der Waals surface area (Å²) in [6, 6.07) is 15.0. The summed E-state index contributed by atoms with van der Waals surface area (Å²) in [5, 5.41) is 3.10. The van der Waals surface area contributed by atoms with Gasteiger partial charge in [0.1, 0.15) is 0 Å². The molecule has 0 bridgehead atoms. The van der Waals surface area contributed by atoms with Gasteiger partial charge in [0.25, 0.3) is 0 Å². The molecule has 1 heterocycles. The molecule has 0 aliphatic carbocycles. The van der Waals surface area contributed by atoms with Crippen molar-refractivity contribution in [2.45, 2.75) is 18.7 Å². The molecule has 0 aromatic heterocycles. The maximum absolute atomic E-state index is 13.0. The summed E-state index contributed by atoms with van der Waals surface area (Å²) in [6.45, 7) is 5.32. The SMILES string of the molecule is Cc1ccc(C)c(S(=O)(=O)N2CCN(C(=O)CNc3ccccc3)CC2)c1. The smallest absolute Gasteiger partial charge is 0.243 e. The molecule has 27 heavy (non-hydrogen) atoms. The zero-order chi connectivity index (χ0) is 19.4. The Labute approximate surface area is 160 Å². The van der Waals surface area contributed by atoms with Crippen LogP contribution < -0.4 is 5.32 Å². The summed E-state index contributed by atoms with van der Waals surface area (Å²) in [6.07, 6.45) is 0. The van der Waals surface area contributed by atoms with Gasteiger partial charge in [-0.05, 0) is 43.2 Å². The lowest BCUT2D eigenvalue weighted by Crippen LogP contribution is -2.51. The van der Waals surface area contributed by atoms with Crippen LogP contribution in [0.2, 0.25) is 0 Å². The first-order chi connectivity index (χ1) is 12.9. The molecule has 1 aliphatic rings. The first-order valence-electron chi connectivity index (χ1n) is 9.02. The van der Waals surface area contributed by atoms with E-state index in [4.69, 9.17) is 0 Å². The number of rotatable bonds is 5. The second-order valence-corrected chi connectivity index (χ2v) is 8.68. The second kappa shape index (κ2) is 8.10. The third-order valence-electron chi connectivity index (χ3n) is 4.77. The van der Waals surface area contributed by atoms with Crippen molar-refractivity contribution in [2.24, 2.45) is 0 Å². The number of hydrogen-bond donors (Lipinski definition) is 1. The van der Waals surface area contributed by atoms with Gasteiger partial charge in [0.05, 0.1) is 11.4 Å². The average Bonchev–Trinajstić information content (AvgIpc) is 2.68. The van der Waals surface area contributed by atoms with Gasteiger partial charge in [0, 0.05) is 31.9 Å². The van der Waals surface area contributed by atoms with Gasteiger partial charge in [-0.2, -0.15) is 4.31 Å². The second-order valence-electron chi connectivity index (χ2n) is 6.77. The first kappa shape index (κ1) is 19.4. The average molecular weight is 388 g/mol. The number of sulfonamides is 1. The van der Waals surface area contributed by atoms with Crippen LogP contribution in [-0.2, 0) is 14.8 Å². The Balaban J connectivity index is 1.59. The van der Waals surface area contributed by atoms with Gasteiger partial charge < -0.3 is 10.2 Å². The molecule has 0 radical (unpaired) electrons. The highest BCUT2D eigenvalue weighted by molar-refractivity contribution is 7.89. The van der Waals surface area contributed by atoms with E-state index >= 15 is 0 Å². The van der Waals surface area contributed by atoms with Gasteiger partial charge in [0.15, 0.2) is 0 Å². The first-order valence-corrected chi connectivity index (χ1v) is 10.5. The summed E-state index contributed by atoms with van der Waals surface area (Å²) in [5.74, 6) is -0.0253. The van der Waals surface area contributed by atoms with Crippen LogP contribution in [0.25, 0.3) is 0 Å². The van der Waals surface area contributed by atoms with Crippen molar-refractivity contribution in [3.8, 4) is 0 Å². The highest BCUT2D eigenvalue weighted by Gasteiger charge is 2.30. The molecule has 2 aromatic rings. The Kier molecular flexibility index (Phi) is 5.82. The van der Waals surface area contributed by atoms with Crippen LogP contribution in [0.4, 0.5) is 5.69 Å². The number of hydrogen-bond acceptors (Lipinski definition) is 4. The molecule has 6 nitrogen and oxygen atoms in total. The number of para-hydroxylation sites is 1. The maximum Gasteiger partial charge on any atom is 0.243 e. The minimum Gasteiger partial charge on any atom is -0.376 e. The van der Waals surface area contributed by atoms with Crippen LogP contribution in [0.1, 0.15) is 11.1 Å². The number of carbonyl (C=O) groups is 1. The van der Waals surface area contributed by atoms with Crippen molar-refractivity contribution in [2.75, 3.05) is 38.0 Å². The minimum absolute atomic E-state index is 0.0253. The molecule has 0 spiro atoms.